The lowest BCUT2D eigenvalue weighted by Gasteiger charge is -2.29. The SMILES string of the molecule is CC(/C(N=CN)=N\c1ncc(Cl)cn1)N(CC1CC1)C(=O)c1cc(Cl)cc(C(F)(F)F)c1. The Bertz CT molecular complexity index is 1040. The number of amides is 1. The standard InChI is InChI=1S/C20H19Cl2F3N6O/c1-11(17(29-10-26)30-19-27-7-16(22)8-28-19)31(9-12-2-3-12)18(32)13-4-14(20(23,24)25)6-15(21)5-13/h4-8,10-12H,2-3,9H2,1H3,(H2,26,27,28,29,30). The number of hydrogen-bond acceptors (Lipinski definition) is 4. The minimum atomic E-state index is -4.64. The van der Waals surface area contributed by atoms with Crippen molar-refractivity contribution in [2.24, 2.45) is 21.6 Å². The highest BCUT2D eigenvalue weighted by Crippen LogP contribution is 2.34. The summed E-state index contributed by atoms with van der Waals surface area (Å²) in [5.74, 6) is -0.239. The molecule has 1 unspecified atom stereocenters. The average molecular weight is 487 g/mol. The molecular weight excluding hydrogens is 468 g/mol. The summed E-state index contributed by atoms with van der Waals surface area (Å²) in [6.07, 6.45) is 0.875. The minimum absolute atomic E-state index is 0.0442. The smallest absolute Gasteiger partial charge is 0.390 e. The summed E-state index contributed by atoms with van der Waals surface area (Å²) >= 11 is 11.7. The van der Waals surface area contributed by atoms with Gasteiger partial charge in [-0.15, -0.1) is 0 Å². The van der Waals surface area contributed by atoms with Crippen LogP contribution in [0.25, 0.3) is 0 Å². The van der Waals surface area contributed by atoms with Crippen LogP contribution in [0.2, 0.25) is 10.0 Å². The number of carbonyl (C=O) groups excluding carboxylic acids is 1. The number of rotatable bonds is 6. The molecule has 170 valence electrons. The summed E-state index contributed by atoms with van der Waals surface area (Å²) in [5, 5.41) is 0.124. The lowest BCUT2D eigenvalue weighted by atomic mass is 10.1. The van der Waals surface area contributed by atoms with E-state index >= 15 is 0 Å². The number of amidine groups is 1. The quantitative estimate of drug-likeness (QED) is 0.470. The molecule has 0 bridgehead atoms. The maximum atomic E-state index is 13.3. The third-order valence-corrected chi connectivity index (χ3v) is 5.17. The molecule has 7 nitrogen and oxygen atoms in total. The van der Waals surface area contributed by atoms with Crippen LogP contribution in [0.1, 0.15) is 35.7 Å². The molecule has 2 N–H and O–H groups in total. The number of hydrogen-bond donors (Lipinski definition) is 1. The molecule has 1 aromatic heterocycles. The molecule has 1 saturated carbocycles. The predicted octanol–water partition coefficient (Wildman–Crippen LogP) is 4.76. The molecule has 12 heteroatoms. The van der Waals surface area contributed by atoms with Crippen LogP contribution in [0.3, 0.4) is 0 Å². The van der Waals surface area contributed by atoms with Gasteiger partial charge in [-0.05, 0) is 43.9 Å². The van der Waals surface area contributed by atoms with Crippen molar-refractivity contribution in [3.8, 4) is 0 Å². The fourth-order valence-corrected chi connectivity index (χ4v) is 3.28. The summed E-state index contributed by atoms with van der Waals surface area (Å²) in [5.41, 5.74) is 4.27. The fraction of sp³-hybridized carbons (Fsp3) is 0.350. The van der Waals surface area contributed by atoms with E-state index in [1.54, 1.807) is 6.92 Å². The Hall–Kier alpha value is -2.72. The Morgan fingerprint density at radius 2 is 1.91 bits per heavy atom. The third-order valence-electron chi connectivity index (χ3n) is 4.75. The second-order valence-electron chi connectivity index (χ2n) is 7.25. The van der Waals surface area contributed by atoms with Crippen LogP contribution in [-0.2, 0) is 6.18 Å². The molecule has 2 aromatic rings. The average Bonchev–Trinajstić information content (AvgIpc) is 3.55. The number of carbonyl (C=O) groups is 1. The normalized spacial score (nSPS) is 15.8. The Labute approximate surface area is 192 Å². The molecular formula is C20H19Cl2F3N6O. The Morgan fingerprint density at radius 3 is 2.47 bits per heavy atom. The van der Waals surface area contributed by atoms with Gasteiger partial charge in [-0.3, -0.25) is 4.79 Å². The van der Waals surface area contributed by atoms with E-state index < -0.39 is 23.7 Å². The number of nitrogens with zero attached hydrogens (tertiary/aromatic N) is 5. The van der Waals surface area contributed by atoms with Crippen molar-refractivity contribution in [3.05, 3.63) is 51.8 Å². The first-order chi connectivity index (χ1) is 15.1. The number of nitrogens with two attached hydrogens (primary N) is 1. The summed E-state index contributed by atoms with van der Waals surface area (Å²) < 4.78 is 39.7. The van der Waals surface area contributed by atoms with Crippen molar-refractivity contribution >= 4 is 47.2 Å². The van der Waals surface area contributed by atoms with Crippen molar-refractivity contribution in [3.63, 3.8) is 0 Å². The summed E-state index contributed by atoms with van der Waals surface area (Å²) in [7, 11) is 0. The van der Waals surface area contributed by atoms with E-state index in [-0.39, 0.29) is 28.3 Å². The van der Waals surface area contributed by atoms with Gasteiger partial charge < -0.3 is 10.6 Å². The van der Waals surface area contributed by atoms with Crippen molar-refractivity contribution in [1.29, 1.82) is 0 Å². The molecule has 0 spiro atoms. The fourth-order valence-electron chi connectivity index (χ4n) is 2.95. The number of halogens is 5. The lowest BCUT2D eigenvalue weighted by Crippen LogP contribution is -2.44. The van der Waals surface area contributed by atoms with Gasteiger partial charge in [0.1, 0.15) is 0 Å². The molecule has 1 atom stereocenters. The molecule has 1 aromatic carbocycles. The number of alkyl halides is 3. The highest BCUT2D eigenvalue weighted by molar-refractivity contribution is 6.31. The van der Waals surface area contributed by atoms with E-state index in [9.17, 15) is 18.0 Å². The van der Waals surface area contributed by atoms with Gasteiger partial charge >= 0.3 is 6.18 Å². The van der Waals surface area contributed by atoms with Crippen molar-refractivity contribution < 1.29 is 18.0 Å². The van der Waals surface area contributed by atoms with Gasteiger partial charge in [0.25, 0.3) is 11.9 Å². The first-order valence-corrected chi connectivity index (χ1v) is 10.3. The molecule has 32 heavy (non-hydrogen) atoms. The second kappa shape index (κ2) is 9.83. The number of benzene rings is 1. The zero-order chi connectivity index (χ0) is 23.5. The van der Waals surface area contributed by atoms with Crippen LogP contribution in [-0.4, -0.2) is 45.5 Å². The van der Waals surface area contributed by atoms with E-state index in [1.807, 2.05) is 0 Å². The third kappa shape index (κ3) is 6.17. The van der Waals surface area contributed by atoms with Crippen LogP contribution >= 0.6 is 23.2 Å². The summed E-state index contributed by atoms with van der Waals surface area (Å²) in [6, 6.07) is 2.02. The van der Waals surface area contributed by atoms with Crippen LogP contribution < -0.4 is 5.73 Å². The highest BCUT2D eigenvalue weighted by atomic mass is 35.5. The molecule has 1 amide bonds. The van der Waals surface area contributed by atoms with Gasteiger partial charge in [0.15, 0.2) is 5.84 Å². The van der Waals surface area contributed by atoms with Gasteiger partial charge in [-0.2, -0.15) is 18.2 Å². The topological polar surface area (TPSA) is 96.8 Å². The molecule has 1 heterocycles. The van der Waals surface area contributed by atoms with Gasteiger partial charge in [0.2, 0.25) is 0 Å². The van der Waals surface area contributed by atoms with Crippen molar-refractivity contribution in [2.45, 2.75) is 32.0 Å². The zero-order valence-electron chi connectivity index (χ0n) is 16.9. The molecule has 0 radical (unpaired) electrons. The zero-order valence-corrected chi connectivity index (χ0v) is 18.4. The van der Waals surface area contributed by atoms with E-state index in [2.05, 4.69) is 20.0 Å². The van der Waals surface area contributed by atoms with Crippen LogP contribution in [0.4, 0.5) is 19.1 Å². The van der Waals surface area contributed by atoms with Crippen LogP contribution in [0.15, 0.2) is 40.6 Å². The van der Waals surface area contributed by atoms with E-state index in [1.165, 1.54) is 23.4 Å². The van der Waals surface area contributed by atoms with Crippen molar-refractivity contribution in [2.75, 3.05) is 6.54 Å². The maximum Gasteiger partial charge on any atom is 0.416 e. The summed E-state index contributed by atoms with van der Waals surface area (Å²) in [6.45, 7) is 1.96. The van der Waals surface area contributed by atoms with Gasteiger partial charge in [0.05, 0.1) is 35.4 Å². The second-order valence-corrected chi connectivity index (χ2v) is 8.13. The van der Waals surface area contributed by atoms with E-state index in [0.717, 1.165) is 31.3 Å². The predicted molar refractivity (Wildman–Crippen MR) is 116 cm³/mol. The number of aliphatic imine (C=N–C) groups is 2. The Morgan fingerprint density at radius 1 is 1.25 bits per heavy atom. The monoisotopic (exact) mass is 486 g/mol. The van der Waals surface area contributed by atoms with Crippen LogP contribution in [0, 0.1) is 5.92 Å². The molecule has 1 aliphatic rings. The van der Waals surface area contributed by atoms with Crippen LogP contribution in [0.5, 0.6) is 0 Å². The van der Waals surface area contributed by atoms with Gasteiger partial charge in [0, 0.05) is 17.1 Å². The van der Waals surface area contributed by atoms with Gasteiger partial charge in [-0.1, -0.05) is 23.2 Å². The molecule has 3 rings (SSSR count). The molecule has 1 aliphatic carbocycles. The Balaban J connectivity index is 1.98. The number of aromatic nitrogens is 2. The van der Waals surface area contributed by atoms with Crippen molar-refractivity contribution in [1.82, 2.24) is 14.9 Å². The lowest BCUT2D eigenvalue weighted by molar-refractivity contribution is -0.137. The molecule has 0 aliphatic heterocycles. The highest BCUT2D eigenvalue weighted by Gasteiger charge is 2.35. The maximum absolute atomic E-state index is 13.3. The van der Waals surface area contributed by atoms with Gasteiger partial charge in [-0.25, -0.2) is 15.0 Å². The molecule has 0 saturated heterocycles. The Kier molecular flexibility index (Phi) is 7.35. The first kappa shape index (κ1) is 23.9. The minimum Gasteiger partial charge on any atom is -0.390 e. The first-order valence-electron chi connectivity index (χ1n) is 9.57. The van der Waals surface area contributed by atoms with E-state index in [4.69, 9.17) is 28.9 Å². The molecule has 1 fully saturated rings. The van der Waals surface area contributed by atoms with E-state index in [0.29, 0.717) is 11.6 Å². The summed E-state index contributed by atoms with van der Waals surface area (Å²) in [4.78, 5) is 30.9. The largest absolute Gasteiger partial charge is 0.416 e.